The molecule has 1 N–H and O–H groups in total. The molecule has 0 amide bonds. The van der Waals surface area contributed by atoms with E-state index < -0.39 is 0 Å². The molecule has 5 heteroatoms. The van der Waals surface area contributed by atoms with E-state index in [9.17, 15) is 0 Å². The summed E-state index contributed by atoms with van der Waals surface area (Å²) in [5, 5.41) is 3.99. The predicted octanol–water partition coefficient (Wildman–Crippen LogP) is 4.57. The number of nitrogens with one attached hydrogen (secondary N) is 1. The molecule has 0 fully saturated rings. The maximum Gasteiger partial charge on any atom is 0.213 e. The summed E-state index contributed by atoms with van der Waals surface area (Å²) in [6.07, 6.45) is 1.63. The van der Waals surface area contributed by atoms with Crippen LogP contribution in [-0.2, 0) is 13.2 Å². The monoisotopic (exact) mass is 368 g/mol. The number of rotatable bonds is 6. The van der Waals surface area contributed by atoms with E-state index >= 15 is 0 Å². The fraction of sp³-hybridized carbons (Fsp3) is 0.312. The Hall–Kier alpha value is -1.10. The number of aromatic nitrogens is 1. The van der Waals surface area contributed by atoms with Crippen LogP contribution in [0.4, 0.5) is 0 Å². The van der Waals surface area contributed by atoms with E-state index in [1.807, 2.05) is 30.3 Å². The lowest BCUT2D eigenvalue weighted by Crippen LogP contribution is -2.22. The Morgan fingerprint density at radius 2 is 2.00 bits per heavy atom. The summed E-state index contributed by atoms with van der Waals surface area (Å²) in [6.45, 7) is 5.38. The minimum atomic E-state index is 0.404. The van der Waals surface area contributed by atoms with Gasteiger partial charge in [-0.3, -0.25) is 0 Å². The second-order valence-electron chi connectivity index (χ2n) is 5.06. The van der Waals surface area contributed by atoms with Gasteiger partial charge in [-0.15, -0.1) is 0 Å². The summed E-state index contributed by atoms with van der Waals surface area (Å²) >= 11 is 9.56. The Bertz CT molecular complexity index is 587. The van der Waals surface area contributed by atoms with Gasteiger partial charge in [-0.1, -0.05) is 53.5 Å². The van der Waals surface area contributed by atoms with Crippen molar-refractivity contribution in [1.29, 1.82) is 0 Å². The van der Waals surface area contributed by atoms with Crippen LogP contribution in [0.15, 0.2) is 41.0 Å². The van der Waals surface area contributed by atoms with Gasteiger partial charge in [-0.2, -0.15) is 0 Å². The molecule has 0 spiro atoms. The fourth-order valence-electron chi connectivity index (χ4n) is 1.72. The van der Waals surface area contributed by atoms with E-state index in [2.05, 4.69) is 40.1 Å². The van der Waals surface area contributed by atoms with Crippen LogP contribution in [0.25, 0.3) is 0 Å². The van der Waals surface area contributed by atoms with Gasteiger partial charge < -0.3 is 10.1 Å². The van der Waals surface area contributed by atoms with Gasteiger partial charge in [0.2, 0.25) is 5.88 Å². The molecule has 112 valence electrons. The number of halogens is 2. The molecule has 1 aromatic carbocycles. The van der Waals surface area contributed by atoms with Gasteiger partial charge in [-0.25, -0.2) is 4.98 Å². The normalized spacial score (nSPS) is 10.9. The molecule has 0 unspecified atom stereocenters. The molecule has 0 aliphatic rings. The first-order chi connectivity index (χ1) is 10.0. The summed E-state index contributed by atoms with van der Waals surface area (Å²) < 4.78 is 6.78. The predicted molar refractivity (Wildman–Crippen MR) is 89.7 cm³/mol. The molecule has 1 heterocycles. The molecule has 0 saturated heterocycles. The van der Waals surface area contributed by atoms with E-state index in [0.717, 1.165) is 15.6 Å². The molecule has 0 radical (unpaired) electrons. The highest BCUT2D eigenvalue weighted by molar-refractivity contribution is 9.10. The number of ether oxygens (including phenoxy) is 1. The van der Waals surface area contributed by atoms with Crippen LogP contribution in [-0.4, -0.2) is 11.0 Å². The molecule has 1 aromatic heterocycles. The van der Waals surface area contributed by atoms with Crippen LogP contribution in [0.5, 0.6) is 5.88 Å². The first-order valence-corrected chi connectivity index (χ1v) is 7.96. The van der Waals surface area contributed by atoms with Crippen LogP contribution >= 0.6 is 27.5 Å². The highest BCUT2D eigenvalue weighted by Gasteiger charge is 2.05. The lowest BCUT2D eigenvalue weighted by molar-refractivity contribution is 0.293. The first kappa shape index (κ1) is 16.3. The highest BCUT2D eigenvalue weighted by atomic mass is 79.9. The second-order valence-corrected chi connectivity index (χ2v) is 6.39. The van der Waals surface area contributed by atoms with Crippen molar-refractivity contribution in [2.24, 2.45) is 0 Å². The van der Waals surface area contributed by atoms with Crippen molar-refractivity contribution in [3.8, 4) is 5.88 Å². The third kappa shape index (κ3) is 5.30. The summed E-state index contributed by atoms with van der Waals surface area (Å²) in [5.41, 5.74) is 2.09. The first-order valence-electron chi connectivity index (χ1n) is 6.79. The molecule has 2 aromatic rings. The number of nitrogens with zero attached hydrogens (tertiary/aromatic N) is 1. The van der Waals surface area contributed by atoms with Gasteiger partial charge in [0.1, 0.15) is 6.61 Å². The van der Waals surface area contributed by atoms with Gasteiger partial charge in [0, 0.05) is 29.3 Å². The fourth-order valence-corrected chi connectivity index (χ4v) is 2.16. The largest absolute Gasteiger partial charge is 0.473 e. The minimum Gasteiger partial charge on any atom is -0.473 e. The molecule has 0 aliphatic carbocycles. The van der Waals surface area contributed by atoms with E-state index in [1.54, 1.807) is 6.20 Å². The average Bonchev–Trinajstić information content (AvgIpc) is 2.46. The number of hydrogen-bond donors (Lipinski definition) is 1. The van der Waals surface area contributed by atoms with Gasteiger partial charge in [0.05, 0.1) is 5.02 Å². The van der Waals surface area contributed by atoms with Crippen molar-refractivity contribution < 1.29 is 4.74 Å². The smallest absolute Gasteiger partial charge is 0.213 e. The zero-order valence-electron chi connectivity index (χ0n) is 12.1. The number of benzene rings is 1. The third-order valence-corrected chi connectivity index (χ3v) is 3.78. The van der Waals surface area contributed by atoms with Gasteiger partial charge >= 0.3 is 0 Å². The van der Waals surface area contributed by atoms with Crippen molar-refractivity contribution >= 4 is 27.5 Å². The lowest BCUT2D eigenvalue weighted by Gasteiger charge is -2.11. The van der Waals surface area contributed by atoms with Crippen molar-refractivity contribution in [3.05, 3.63) is 57.2 Å². The van der Waals surface area contributed by atoms with Crippen molar-refractivity contribution in [1.82, 2.24) is 10.3 Å². The molecule has 0 aliphatic heterocycles. The Kier molecular flexibility index (Phi) is 6.03. The zero-order valence-corrected chi connectivity index (χ0v) is 14.4. The second kappa shape index (κ2) is 7.78. The molecule has 2 rings (SSSR count). The summed E-state index contributed by atoms with van der Waals surface area (Å²) in [7, 11) is 0. The number of pyridine rings is 1. The molecule has 0 bridgehead atoms. The highest BCUT2D eigenvalue weighted by Crippen LogP contribution is 2.20. The maximum absolute atomic E-state index is 6.15. The lowest BCUT2D eigenvalue weighted by atomic mass is 10.2. The molecular formula is C16H18BrClN2O. The zero-order chi connectivity index (χ0) is 15.2. The SMILES string of the molecule is CC(C)NCc1cc(OCc2ccc(Br)cc2)ncc1Cl. The van der Waals surface area contributed by atoms with Crippen LogP contribution in [0, 0.1) is 0 Å². The molecule has 0 atom stereocenters. The maximum atomic E-state index is 6.15. The van der Waals surface area contributed by atoms with E-state index in [4.69, 9.17) is 16.3 Å². The number of hydrogen-bond acceptors (Lipinski definition) is 3. The molecule has 0 saturated carbocycles. The van der Waals surface area contributed by atoms with Crippen molar-refractivity contribution in [2.45, 2.75) is 33.0 Å². The Balaban J connectivity index is 1.99. The summed E-state index contributed by atoms with van der Waals surface area (Å²) in [4.78, 5) is 4.21. The molecule has 3 nitrogen and oxygen atoms in total. The van der Waals surface area contributed by atoms with E-state index in [0.29, 0.717) is 30.1 Å². The minimum absolute atomic E-state index is 0.404. The average molecular weight is 370 g/mol. The van der Waals surface area contributed by atoms with Crippen LogP contribution in [0.2, 0.25) is 5.02 Å². The van der Waals surface area contributed by atoms with Gasteiger partial charge in [0.25, 0.3) is 0 Å². The van der Waals surface area contributed by atoms with E-state index in [-0.39, 0.29) is 0 Å². The van der Waals surface area contributed by atoms with Crippen LogP contribution < -0.4 is 10.1 Å². The molecular weight excluding hydrogens is 352 g/mol. The Morgan fingerprint density at radius 3 is 2.67 bits per heavy atom. The standard InChI is InChI=1S/C16H18BrClN2O/c1-11(2)19-8-13-7-16(20-9-15(13)18)21-10-12-3-5-14(17)6-4-12/h3-7,9,11,19H,8,10H2,1-2H3. The van der Waals surface area contributed by atoms with Crippen LogP contribution in [0.3, 0.4) is 0 Å². The Morgan fingerprint density at radius 1 is 1.29 bits per heavy atom. The van der Waals surface area contributed by atoms with Crippen molar-refractivity contribution in [2.75, 3.05) is 0 Å². The summed E-state index contributed by atoms with van der Waals surface area (Å²) in [6, 6.07) is 10.3. The third-order valence-electron chi connectivity index (χ3n) is 2.91. The van der Waals surface area contributed by atoms with E-state index in [1.165, 1.54) is 0 Å². The van der Waals surface area contributed by atoms with Crippen molar-refractivity contribution in [3.63, 3.8) is 0 Å². The molecule has 21 heavy (non-hydrogen) atoms. The Labute approximate surface area is 138 Å². The summed E-state index contributed by atoms with van der Waals surface area (Å²) in [5.74, 6) is 0.586. The topological polar surface area (TPSA) is 34.1 Å². The quantitative estimate of drug-likeness (QED) is 0.809. The van der Waals surface area contributed by atoms with Gasteiger partial charge in [0.15, 0.2) is 0 Å². The van der Waals surface area contributed by atoms with Gasteiger partial charge in [-0.05, 0) is 23.3 Å². The van der Waals surface area contributed by atoms with Crippen LogP contribution in [0.1, 0.15) is 25.0 Å².